The van der Waals surface area contributed by atoms with Crippen LogP contribution in [-0.2, 0) is 0 Å². The zero-order valence-corrected chi connectivity index (χ0v) is 8.40. The zero-order chi connectivity index (χ0) is 11.9. The van der Waals surface area contributed by atoms with E-state index in [1.165, 1.54) is 18.3 Å². The maximum absolute atomic E-state index is 13.6. The van der Waals surface area contributed by atoms with E-state index >= 15 is 0 Å². The van der Waals surface area contributed by atoms with E-state index in [9.17, 15) is 19.6 Å². The monoisotopic (exact) mass is 242 g/mol. The van der Waals surface area contributed by atoms with Gasteiger partial charge in [0, 0.05) is 11.6 Å². The Morgan fingerprint density at radius 1 is 1.56 bits per heavy atom. The van der Waals surface area contributed by atoms with Crippen LogP contribution in [0.1, 0.15) is 0 Å². The Morgan fingerprint density at radius 2 is 2.25 bits per heavy atom. The van der Waals surface area contributed by atoms with E-state index in [1.54, 1.807) is 0 Å². The van der Waals surface area contributed by atoms with Crippen LogP contribution in [0, 0.1) is 15.9 Å². The van der Waals surface area contributed by atoms with Crippen LogP contribution in [0.4, 0.5) is 10.1 Å². The maximum atomic E-state index is 13.6. The molecule has 5 nitrogen and oxygen atoms in total. The van der Waals surface area contributed by atoms with Crippen molar-refractivity contribution < 1.29 is 14.4 Å². The number of hydrogen-bond acceptors (Lipinski definition) is 4. The highest BCUT2D eigenvalue weighted by Gasteiger charge is 2.27. The van der Waals surface area contributed by atoms with Gasteiger partial charge in [-0.3, -0.25) is 15.1 Å². The summed E-state index contributed by atoms with van der Waals surface area (Å²) >= 11 is 5.47. The van der Waals surface area contributed by atoms with Gasteiger partial charge >= 0.3 is 5.69 Å². The molecule has 82 valence electrons. The molecule has 7 heteroatoms. The molecule has 0 atom stereocenters. The Labute approximate surface area is 93.2 Å². The number of pyridine rings is 1. The molecular weight excluding hydrogens is 239 g/mol. The van der Waals surface area contributed by atoms with Gasteiger partial charge in [-0.2, -0.15) is 0 Å². The number of nitrogens with zero attached hydrogens (tertiary/aromatic N) is 2. The van der Waals surface area contributed by atoms with E-state index in [0.29, 0.717) is 0 Å². The molecule has 0 saturated heterocycles. The molecular formula is C9H4ClFN2O3. The van der Waals surface area contributed by atoms with Crippen molar-refractivity contribution >= 4 is 28.2 Å². The molecule has 0 aliphatic carbocycles. The summed E-state index contributed by atoms with van der Waals surface area (Å²) in [5, 5.41) is 19.4. The van der Waals surface area contributed by atoms with E-state index in [0.717, 1.165) is 0 Å². The van der Waals surface area contributed by atoms with E-state index < -0.39 is 27.2 Å². The summed E-state index contributed by atoms with van der Waals surface area (Å²) in [5.41, 5.74) is -1.05. The summed E-state index contributed by atoms with van der Waals surface area (Å²) in [5.74, 6) is -1.69. The van der Waals surface area contributed by atoms with Gasteiger partial charge in [0.1, 0.15) is 5.52 Å². The standard InChI is InChI=1S/C9H4ClFN2O3/c10-5-6(11)4-2-1-3-12-7(4)9(14)8(5)13(15)16/h1-3,14H. The fraction of sp³-hybridized carbons (Fsp3) is 0. The highest BCUT2D eigenvalue weighted by Crippen LogP contribution is 2.41. The molecule has 0 bridgehead atoms. The molecule has 0 aliphatic rings. The van der Waals surface area contributed by atoms with Crippen LogP contribution < -0.4 is 0 Å². The van der Waals surface area contributed by atoms with Crippen molar-refractivity contribution in [2.45, 2.75) is 0 Å². The molecule has 16 heavy (non-hydrogen) atoms. The first kappa shape index (κ1) is 10.6. The van der Waals surface area contributed by atoms with E-state index in [2.05, 4.69) is 4.98 Å². The van der Waals surface area contributed by atoms with Crippen molar-refractivity contribution in [1.29, 1.82) is 0 Å². The first-order valence-electron chi connectivity index (χ1n) is 4.13. The molecule has 0 radical (unpaired) electrons. The number of nitro benzene ring substituents is 1. The number of halogens is 2. The van der Waals surface area contributed by atoms with Gasteiger partial charge in [-0.25, -0.2) is 4.39 Å². The molecule has 0 fully saturated rings. The molecule has 1 N–H and O–H groups in total. The van der Waals surface area contributed by atoms with Gasteiger partial charge < -0.3 is 5.11 Å². The first-order chi connectivity index (χ1) is 7.54. The van der Waals surface area contributed by atoms with Crippen molar-refractivity contribution in [2.75, 3.05) is 0 Å². The second-order valence-corrected chi connectivity index (χ2v) is 3.36. The number of hydrogen-bond donors (Lipinski definition) is 1. The minimum Gasteiger partial charge on any atom is -0.501 e. The smallest absolute Gasteiger partial charge is 0.334 e. The number of aromatic nitrogens is 1. The summed E-state index contributed by atoms with van der Waals surface area (Å²) in [4.78, 5) is 13.3. The topological polar surface area (TPSA) is 76.3 Å². The second kappa shape index (κ2) is 3.57. The van der Waals surface area contributed by atoms with Gasteiger partial charge in [0.05, 0.1) is 4.92 Å². The van der Waals surface area contributed by atoms with Crippen molar-refractivity contribution in [1.82, 2.24) is 4.98 Å². The summed E-state index contributed by atoms with van der Waals surface area (Å²) in [6, 6.07) is 2.76. The largest absolute Gasteiger partial charge is 0.501 e. The number of phenolic OH excluding ortho intramolecular Hbond substituents is 1. The molecule has 0 saturated carbocycles. The van der Waals surface area contributed by atoms with Gasteiger partial charge in [0.25, 0.3) is 0 Å². The minimum atomic E-state index is -0.964. The SMILES string of the molecule is O=[N+]([O-])c1c(Cl)c(F)c2cccnc2c1O. The molecule has 1 heterocycles. The van der Waals surface area contributed by atoms with Gasteiger partial charge in [-0.1, -0.05) is 11.6 Å². The van der Waals surface area contributed by atoms with Crippen molar-refractivity contribution in [3.05, 3.63) is 39.3 Å². The van der Waals surface area contributed by atoms with Crippen LogP contribution >= 0.6 is 11.6 Å². The van der Waals surface area contributed by atoms with E-state index in [1.807, 2.05) is 0 Å². The summed E-state index contributed by atoms with van der Waals surface area (Å²) in [6.07, 6.45) is 1.29. The van der Waals surface area contributed by atoms with Gasteiger partial charge in [-0.05, 0) is 12.1 Å². The van der Waals surface area contributed by atoms with Crippen molar-refractivity contribution in [3.8, 4) is 5.75 Å². The molecule has 0 unspecified atom stereocenters. The van der Waals surface area contributed by atoms with Gasteiger partial charge in [0.2, 0.25) is 5.75 Å². The Hall–Kier alpha value is -1.95. The summed E-state index contributed by atoms with van der Waals surface area (Å²) in [6.45, 7) is 0. The fourth-order valence-electron chi connectivity index (χ4n) is 1.38. The normalized spacial score (nSPS) is 10.6. The van der Waals surface area contributed by atoms with Crippen LogP contribution in [0.5, 0.6) is 5.75 Å². The number of benzene rings is 1. The lowest BCUT2D eigenvalue weighted by Crippen LogP contribution is -1.95. The third-order valence-corrected chi connectivity index (χ3v) is 2.42. The third-order valence-electron chi connectivity index (χ3n) is 2.08. The first-order valence-corrected chi connectivity index (χ1v) is 4.51. The van der Waals surface area contributed by atoms with Crippen LogP contribution in [0.25, 0.3) is 10.9 Å². The predicted octanol–water partition coefficient (Wildman–Crippen LogP) is 2.64. The quantitative estimate of drug-likeness (QED) is 0.616. The molecule has 0 spiro atoms. The number of fused-ring (bicyclic) bond motifs is 1. The lowest BCUT2D eigenvalue weighted by Gasteiger charge is -2.04. The highest BCUT2D eigenvalue weighted by atomic mass is 35.5. The Morgan fingerprint density at radius 3 is 2.88 bits per heavy atom. The highest BCUT2D eigenvalue weighted by molar-refractivity contribution is 6.34. The zero-order valence-electron chi connectivity index (χ0n) is 7.65. The molecule has 1 aromatic carbocycles. The molecule has 2 aromatic rings. The predicted molar refractivity (Wildman–Crippen MR) is 55.0 cm³/mol. The average Bonchev–Trinajstić information content (AvgIpc) is 2.26. The number of phenols is 1. The molecule has 0 aliphatic heterocycles. The maximum Gasteiger partial charge on any atom is 0.334 e. The van der Waals surface area contributed by atoms with Gasteiger partial charge in [0.15, 0.2) is 10.8 Å². The van der Waals surface area contributed by atoms with E-state index in [-0.39, 0.29) is 10.9 Å². The number of aromatic hydroxyl groups is 1. The fourth-order valence-corrected chi connectivity index (χ4v) is 1.64. The van der Waals surface area contributed by atoms with Crippen LogP contribution in [0.15, 0.2) is 18.3 Å². The van der Waals surface area contributed by atoms with Crippen molar-refractivity contribution in [3.63, 3.8) is 0 Å². The van der Waals surface area contributed by atoms with E-state index in [4.69, 9.17) is 11.6 Å². The summed E-state index contributed by atoms with van der Waals surface area (Å²) in [7, 11) is 0. The molecule has 2 rings (SSSR count). The number of rotatable bonds is 1. The Bertz CT molecular complexity index is 603. The molecule has 1 aromatic heterocycles. The van der Waals surface area contributed by atoms with Crippen LogP contribution in [0.3, 0.4) is 0 Å². The lowest BCUT2D eigenvalue weighted by atomic mass is 10.1. The molecule has 0 amide bonds. The second-order valence-electron chi connectivity index (χ2n) is 2.98. The third kappa shape index (κ3) is 1.35. The van der Waals surface area contributed by atoms with Crippen LogP contribution in [0.2, 0.25) is 5.02 Å². The summed E-state index contributed by atoms with van der Waals surface area (Å²) < 4.78 is 13.6. The minimum absolute atomic E-state index is 0.0596. The Kier molecular flexibility index (Phi) is 2.35. The average molecular weight is 243 g/mol. The van der Waals surface area contributed by atoms with Crippen molar-refractivity contribution in [2.24, 2.45) is 0 Å². The Balaban J connectivity index is 3.00. The lowest BCUT2D eigenvalue weighted by molar-refractivity contribution is -0.385. The van der Waals surface area contributed by atoms with Gasteiger partial charge in [-0.15, -0.1) is 0 Å². The number of nitro groups is 1. The van der Waals surface area contributed by atoms with Crippen LogP contribution in [-0.4, -0.2) is 15.0 Å².